The van der Waals surface area contributed by atoms with Crippen LogP contribution in [0.5, 0.6) is 0 Å². The lowest BCUT2D eigenvalue weighted by Crippen LogP contribution is -2.07. The highest BCUT2D eigenvalue weighted by molar-refractivity contribution is 5.51. The normalized spacial score (nSPS) is 14.5. The molecule has 0 radical (unpaired) electrons. The Labute approximate surface area is 124 Å². The first-order valence-electron chi connectivity index (χ1n) is 7.26. The minimum atomic E-state index is -0.373. The molecular formula is C17H18N2O2. The van der Waals surface area contributed by atoms with Crippen LogP contribution in [-0.4, -0.2) is 4.92 Å². The summed E-state index contributed by atoms with van der Waals surface area (Å²) < 4.78 is 0. The summed E-state index contributed by atoms with van der Waals surface area (Å²) in [6.07, 6.45) is 3.60. The zero-order valence-electron chi connectivity index (χ0n) is 12.0. The Balaban J connectivity index is 1.73. The molecule has 1 N–H and O–H groups in total. The van der Waals surface area contributed by atoms with E-state index >= 15 is 0 Å². The molecule has 0 spiro atoms. The van der Waals surface area contributed by atoms with E-state index < -0.39 is 0 Å². The molecule has 1 aliphatic rings. The van der Waals surface area contributed by atoms with E-state index in [2.05, 4.69) is 30.4 Å². The van der Waals surface area contributed by atoms with Crippen molar-refractivity contribution in [2.75, 3.05) is 5.32 Å². The average Bonchev–Trinajstić information content (AvgIpc) is 2.95. The molecule has 0 aromatic heterocycles. The van der Waals surface area contributed by atoms with Gasteiger partial charge in [-0.05, 0) is 55.0 Å². The number of hydrogen-bond donors (Lipinski definition) is 1. The highest BCUT2D eigenvalue weighted by Gasteiger charge is 2.13. The molecule has 108 valence electrons. The van der Waals surface area contributed by atoms with Gasteiger partial charge < -0.3 is 5.32 Å². The average molecular weight is 282 g/mol. The van der Waals surface area contributed by atoms with Crippen LogP contribution in [0.3, 0.4) is 0 Å². The van der Waals surface area contributed by atoms with Crippen LogP contribution < -0.4 is 5.32 Å². The van der Waals surface area contributed by atoms with Crippen LogP contribution in [0.2, 0.25) is 0 Å². The van der Waals surface area contributed by atoms with Gasteiger partial charge in [-0.2, -0.15) is 0 Å². The fourth-order valence-corrected chi connectivity index (χ4v) is 2.88. The SMILES string of the molecule is CC(Nc1ccc2c(c1)CCC2)c1ccc([N+](=O)[O-])cc1. The van der Waals surface area contributed by atoms with Crippen molar-refractivity contribution in [2.24, 2.45) is 0 Å². The molecule has 21 heavy (non-hydrogen) atoms. The van der Waals surface area contributed by atoms with Gasteiger partial charge in [0.05, 0.1) is 4.92 Å². The van der Waals surface area contributed by atoms with Gasteiger partial charge in [-0.1, -0.05) is 18.2 Å². The lowest BCUT2D eigenvalue weighted by atomic mass is 10.1. The maximum absolute atomic E-state index is 10.7. The molecule has 4 heteroatoms. The number of fused-ring (bicyclic) bond motifs is 1. The third kappa shape index (κ3) is 2.89. The zero-order chi connectivity index (χ0) is 14.8. The Hall–Kier alpha value is -2.36. The lowest BCUT2D eigenvalue weighted by Gasteiger charge is -2.16. The smallest absolute Gasteiger partial charge is 0.269 e. The second-order valence-electron chi connectivity index (χ2n) is 5.55. The van der Waals surface area contributed by atoms with Gasteiger partial charge in [0, 0.05) is 23.9 Å². The molecule has 0 fully saturated rings. The monoisotopic (exact) mass is 282 g/mol. The second-order valence-corrected chi connectivity index (χ2v) is 5.55. The van der Waals surface area contributed by atoms with E-state index in [1.165, 1.54) is 24.0 Å². The number of hydrogen-bond acceptors (Lipinski definition) is 3. The van der Waals surface area contributed by atoms with Crippen LogP contribution >= 0.6 is 0 Å². The first-order chi connectivity index (χ1) is 10.1. The number of rotatable bonds is 4. The van der Waals surface area contributed by atoms with Crippen molar-refractivity contribution in [3.8, 4) is 0 Å². The van der Waals surface area contributed by atoms with Crippen molar-refractivity contribution in [1.29, 1.82) is 0 Å². The highest BCUT2D eigenvalue weighted by Crippen LogP contribution is 2.27. The minimum Gasteiger partial charge on any atom is -0.379 e. The summed E-state index contributed by atoms with van der Waals surface area (Å²) in [6.45, 7) is 2.06. The number of anilines is 1. The minimum absolute atomic E-state index is 0.116. The number of nitrogens with zero attached hydrogens (tertiary/aromatic N) is 1. The molecule has 0 bridgehead atoms. The van der Waals surface area contributed by atoms with Gasteiger partial charge in [0.15, 0.2) is 0 Å². The van der Waals surface area contributed by atoms with E-state index in [9.17, 15) is 10.1 Å². The molecule has 0 saturated carbocycles. The Morgan fingerprint density at radius 1 is 1.10 bits per heavy atom. The van der Waals surface area contributed by atoms with Crippen molar-refractivity contribution in [2.45, 2.75) is 32.2 Å². The molecule has 1 aliphatic carbocycles. The summed E-state index contributed by atoms with van der Waals surface area (Å²) in [5.74, 6) is 0. The molecule has 2 aromatic rings. The summed E-state index contributed by atoms with van der Waals surface area (Å²) in [5, 5.41) is 14.1. The van der Waals surface area contributed by atoms with Crippen LogP contribution in [0.4, 0.5) is 11.4 Å². The van der Waals surface area contributed by atoms with Crippen LogP contribution in [0.15, 0.2) is 42.5 Å². The molecule has 4 nitrogen and oxygen atoms in total. The molecular weight excluding hydrogens is 264 g/mol. The van der Waals surface area contributed by atoms with Gasteiger partial charge in [-0.15, -0.1) is 0 Å². The van der Waals surface area contributed by atoms with E-state index in [4.69, 9.17) is 0 Å². The topological polar surface area (TPSA) is 55.2 Å². The molecule has 3 rings (SSSR count). The maximum atomic E-state index is 10.7. The van der Waals surface area contributed by atoms with Crippen molar-refractivity contribution >= 4 is 11.4 Å². The molecule has 0 aliphatic heterocycles. The number of nitro benzene ring substituents is 1. The number of nitro groups is 1. The zero-order valence-corrected chi connectivity index (χ0v) is 12.0. The molecule has 0 amide bonds. The quantitative estimate of drug-likeness (QED) is 0.673. The van der Waals surface area contributed by atoms with E-state index in [1.807, 2.05) is 12.1 Å². The summed E-state index contributed by atoms with van der Waals surface area (Å²) in [4.78, 5) is 10.3. The fraction of sp³-hybridized carbons (Fsp3) is 0.294. The molecule has 2 aromatic carbocycles. The predicted molar refractivity (Wildman–Crippen MR) is 83.6 cm³/mol. The number of non-ortho nitro benzene ring substituents is 1. The van der Waals surface area contributed by atoms with E-state index in [0.29, 0.717) is 0 Å². The summed E-state index contributed by atoms with van der Waals surface area (Å²) >= 11 is 0. The highest BCUT2D eigenvalue weighted by atomic mass is 16.6. The third-order valence-corrected chi connectivity index (χ3v) is 4.09. The maximum Gasteiger partial charge on any atom is 0.269 e. The van der Waals surface area contributed by atoms with Gasteiger partial charge in [-0.3, -0.25) is 10.1 Å². The predicted octanol–water partition coefficient (Wildman–Crippen LogP) is 4.26. The number of aryl methyl sites for hydroxylation is 2. The second kappa shape index (κ2) is 5.56. The Bertz CT molecular complexity index is 665. The van der Waals surface area contributed by atoms with Gasteiger partial charge in [-0.25, -0.2) is 0 Å². The molecule has 0 heterocycles. The lowest BCUT2D eigenvalue weighted by molar-refractivity contribution is -0.384. The van der Waals surface area contributed by atoms with E-state index in [0.717, 1.165) is 17.7 Å². The van der Waals surface area contributed by atoms with Crippen molar-refractivity contribution in [1.82, 2.24) is 0 Å². The fourth-order valence-electron chi connectivity index (χ4n) is 2.88. The largest absolute Gasteiger partial charge is 0.379 e. The Morgan fingerprint density at radius 3 is 2.52 bits per heavy atom. The Morgan fingerprint density at radius 2 is 1.81 bits per heavy atom. The van der Waals surface area contributed by atoms with Crippen LogP contribution in [0.1, 0.15) is 36.1 Å². The van der Waals surface area contributed by atoms with E-state index in [-0.39, 0.29) is 16.7 Å². The molecule has 0 saturated heterocycles. The standard InChI is InChI=1S/C17H18N2O2/c1-12(13-6-9-17(10-7-13)19(20)21)18-16-8-5-14-3-2-4-15(14)11-16/h5-12,18H,2-4H2,1H3. The van der Waals surface area contributed by atoms with Crippen LogP contribution in [0, 0.1) is 10.1 Å². The summed E-state index contributed by atoms with van der Waals surface area (Å²) in [6, 6.07) is 13.4. The van der Waals surface area contributed by atoms with Crippen LogP contribution in [0.25, 0.3) is 0 Å². The van der Waals surface area contributed by atoms with Gasteiger partial charge >= 0.3 is 0 Å². The molecule has 1 atom stereocenters. The van der Waals surface area contributed by atoms with Crippen molar-refractivity contribution < 1.29 is 4.92 Å². The third-order valence-electron chi connectivity index (χ3n) is 4.09. The van der Waals surface area contributed by atoms with Gasteiger partial charge in [0.25, 0.3) is 5.69 Å². The summed E-state index contributed by atoms with van der Waals surface area (Å²) in [7, 11) is 0. The molecule has 1 unspecified atom stereocenters. The van der Waals surface area contributed by atoms with Crippen LogP contribution in [-0.2, 0) is 12.8 Å². The Kier molecular flexibility index (Phi) is 3.60. The number of nitrogens with one attached hydrogen (secondary N) is 1. The van der Waals surface area contributed by atoms with E-state index in [1.54, 1.807) is 12.1 Å². The first kappa shape index (κ1) is 13.6. The van der Waals surface area contributed by atoms with Gasteiger partial charge in [0.1, 0.15) is 0 Å². The first-order valence-corrected chi connectivity index (χ1v) is 7.26. The number of benzene rings is 2. The van der Waals surface area contributed by atoms with Crippen molar-refractivity contribution in [3.63, 3.8) is 0 Å². The van der Waals surface area contributed by atoms with Crippen molar-refractivity contribution in [3.05, 3.63) is 69.3 Å². The summed E-state index contributed by atoms with van der Waals surface area (Å²) in [5.41, 5.74) is 5.19. The van der Waals surface area contributed by atoms with Gasteiger partial charge in [0.2, 0.25) is 0 Å².